The Kier molecular flexibility index (Phi) is 4.75. The highest BCUT2D eigenvalue weighted by Crippen LogP contribution is 2.27. The number of rotatable bonds is 4. The number of likely N-dealkylation sites (N-methyl/N-ethyl adjacent to an activating group) is 1. The molecule has 0 aliphatic carbocycles. The first-order valence-corrected chi connectivity index (χ1v) is 6.89. The van der Waals surface area contributed by atoms with E-state index in [0.717, 1.165) is 15.9 Å². The van der Waals surface area contributed by atoms with Gasteiger partial charge in [-0.15, -0.1) is 0 Å². The van der Waals surface area contributed by atoms with Crippen molar-refractivity contribution >= 4 is 27.5 Å². The van der Waals surface area contributed by atoms with E-state index in [9.17, 15) is 0 Å². The van der Waals surface area contributed by atoms with Crippen LogP contribution in [-0.2, 0) is 6.42 Å². The van der Waals surface area contributed by atoms with Crippen LogP contribution in [0.15, 0.2) is 47.2 Å². The molecule has 0 radical (unpaired) electrons. The quantitative estimate of drug-likeness (QED) is 0.919. The van der Waals surface area contributed by atoms with Crippen LogP contribution in [0.1, 0.15) is 17.2 Å². The van der Waals surface area contributed by atoms with E-state index in [4.69, 9.17) is 11.6 Å². The number of pyridine rings is 1. The molecule has 0 aliphatic rings. The average molecular weight is 326 g/mol. The summed E-state index contributed by atoms with van der Waals surface area (Å²) in [7, 11) is 1.96. The minimum Gasteiger partial charge on any atom is -0.313 e. The van der Waals surface area contributed by atoms with Gasteiger partial charge in [0.25, 0.3) is 0 Å². The second-order valence-electron chi connectivity index (χ2n) is 4.08. The molecule has 4 heteroatoms. The highest BCUT2D eigenvalue weighted by molar-refractivity contribution is 9.10. The number of benzene rings is 1. The predicted molar refractivity (Wildman–Crippen MR) is 78.9 cm³/mol. The van der Waals surface area contributed by atoms with Gasteiger partial charge in [-0.2, -0.15) is 0 Å². The second-order valence-corrected chi connectivity index (χ2v) is 5.34. The van der Waals surface area contributed by atoms with Crippen LogP contribution in [0.4, 0.5) is 0 Å². The maximum absolute atomic E-state index is 6.13. The van der Waals surface area contributed by atoms with Crippen molar-refractivity contribution in [1.29, 1.82) is 0 Å². The molecule has 1 N–H and O–H groups in total. The SMILES string of the molecule is CNC(Cc1cccnc1)c1ccc(Br)c(Cl)c1. The van der Waals surface area contributed by atoms with Crippen LogP contribution in [0.2, 0.25) is 5.02 Å². The Hall–Kier alpha value is -0.900. The van der Waals surface area contributed by atoms with Crippen molar-refractivity contribution in [2.24, 2.45) is 0 Å². The first-order chi connectivity index (χ1) is 8.70. The molecule has 1 aromatic heterocycles. The lowest BCUT2D eigenvalue weighted by atomic mass is 10.0. The van der Waals surface area contributed by atoms with E-state index in [2.05, 4.69) is 38.4 Å². The number of halogens is 2. The molecule has 18 heavy (non-hydrogen) atoms. The number of aromatic nitrogens is 1. The lowest BCUT2D eigenvalue weighted by Gasteiger charge is -2.17. The molecule has 1 aromatic carbocycles. The van der Waals surface area contributed by atoms with E-state index in [-0.39, 0.29) is 6.04 Å². The molecular weight excluding hydrogens is 312 g/mol. The smallest absolute Gasteiger partial charge is 0.0551 e. The molecule has 2 aromatic rings. The van der Waals surface area contributed by atoms with Crippen LogP contribution in [0, 0.1) is 0 Å². The number of nitrogens with zero attached hydrogens (tertiary/aromatic N) is 1. The molecule has 0 spiro atoms. The molecule has 0 saturated heterocycles. The molecule has 0 saturated carbocycles. The molecular formula is C14H14BrClN2. The third-order valence-electron chi connectivity index (χ3n) is 2.86. The van der Waals surface area contributed by atoms with Crippen LogP contribution < -0.4 is 5.32 Å². The van der Waals surface area contributed by atoms with E-state index in [0.29, 0.717) is 0 Å². The fourth-order valence-electron chi connectivity index (χ4n) is 1.87. The van der Waals surface area contributed by atoms with Gasteiger partial charge in [-0.05, 0) is 58.7 Å². The Labute approximate surface area is 121 Å². The molecule has 1 unspecified atom stereocenters. The summed E-state index contributed by atoms with van der Waals surface area (Å²) in [5.74, 6) is 0. The Balaban J connectivity index is 2.20. The molecule has 0 fully saturated rings. The third kappa shape index (κ3) is 3.31. The van der Waals surface area contributed by atoms with E-state index < -0.39 is 0 Å². The Morgan fingerprint density at radius 3 is 2.83 bits per heavy atom. The monoisotopic (exact) mass is 324 g/mol. The van der Waals surface area contributed by atoms with Gasteiger partial charge in [0.05, 0.1) is 5.02 Å². The summed E-state index contributed by atoms with van der Waals surface area (Å²) in [6.45, 7) is 0. The van der Waals surface area contributed by atoms with Crippen LogP contribution in [-0.4, -0.2) is 12.0 Å². The highest BCUT2D eigenvalue weighted by atomic mass is 79.9. The van der Waals surface area contributed by atoms with Crippen molar-refractivity contribution in [3.05, 3.63) is 63.3 Å². The van der Waals surface area contributed by atoms with Crippen molar-refractivity contribution in [3.8, 4) is 0 Å². The fourth-order valence-corrected chi connectivity index (χ4v) is 2.31. The van der Waals surface area contributed by atoms with E-state index in [1.165, 1.54) is 11.1 Å². The van der Waals surface area contributed by atoms with Gasteiger partial charge in [0, 0.05) is 22.9 Å². The number of hydrogen-bond acceptors (Lipinski definition) is 2. The summed E-state index contributed by atoms with van der Waals surface area (Å²) in [6.07, 6.45) is 4.57. The zero-order valence-electron chi connectivity index (χ0n) is 10.0. The van der Waals surface area contributed by atoms with Crippen molar-refractivity contribution in [2.75, 3.05) is 7.05 Å². The zero-order valence-corrected chi connectivity index (χ0v) is 12.4. The minimum absolute atomic E-state index is 0.236. The molecule has 1 atom stereocenters. The first-order valence-electron chi connectivity index (χ1n) is 5.72. The topological polar surface area (TPSA) is 24.9 Å². The van der Waals surface area contributed by atoms with Gasteiger partial charge in [0.15, 0.2) is 0 Å². The largest absolute Gasteiger partial charge is 0.313 e. The van der Waals surface area contributed by atoms with Gasteiger partial charge in [0.2, 0.25) is 0 Å². The lowest BCUT2D eigenvalue weighted by Crippen LogP contribution is -2.18. The summed E-state index contributed by atoms with van der Waals surface area (Å²) >= 11 is 9.54. The summed E-state index contributed by atoms with van der Waals surface area (Å²) in [4.78, 5) is 4.14. The van der Waals surface area contributed by atoms with E-state index in [1.54, 1.807) is 6.20 Å². The van der Waals surface area contributed by atoms with Crippen molar-refractivity contribution < 1.29 is 0 Å². The molecule has 2 rings (SSSR count). The second kappa shape index (κ2) is 6.32. The molecule has 1 heterocycles. The van der Waals surface area contributed by atoms with E-state index in [1.807, 2.05) is 31.4 Å². The van der Waals surface area contributed by atoms with Crippen molar-refractivity contribution in [1.82, 2.24) is 10.3 Å². The molecule has 0 aliphatic heterocycles. The van der Waals surface area contributed by atoms with Gasteiger partial charge in [-0.1, -0.05) is 23.7 Å². The molecule has 0 amide bonds. The highest BCUT2D eigenvalue weighted by Gasteiger charge is 2.11. The normalized spacial score (nSPS) is 12.4. The molecule has 2 nitrogen and oxygen atoms in total. The summed E-state index contributed by atoms with van der Waals surface area (Å²) in [5.41, 5.74) is 2.38. The van der Waals surface area contributed by atoms with Gasteiger partial charge in [0.1, 0.15) is 0 Å². The fraction of sp³-hybridized carbons (Fsp3) is 0.214. The van der Waals surface area contributed by atoms with Crippen molar-refractivity contribution in [3.63, 3.8) is 0 Å². The average Bonchev–Trinajstić information content (AvgIpc) is 2.40. The minimum atomic E-state index is 0.236. The predicted octanol–water partition coefficient (Wildman–Crippen LogP) is 4.00. The van der Waals surface area contributed by atoms with Crippen molar-refractivity contribution in [2.45, 2.75) is 12.5 Å². The van der Waals surface area contributed by atoms with Crippen LogP contribution >= 0.6 is 27.5 Å². The maximum Gasteiger partial charge on any atom is 0.0551 e. The Morgan fingerprint density at radius 2 is 2.22 bits per heavy atom. The van der Waals surface area contributed by atoms with Gasteiger partial charge in [-0.3, -0.25) is 4.98 Å². The Morgan fingerprint density at radius 1 is 1.39 bits per heavy atom. The lowest BCUT2D eigenvalue weighted by molar-refractivity contribution is 0.591. The van der Waals surface area contributed by atoms with Gasteiger partial charge in [-0.25, -0.2) is 0 Å². The summed E-state index contributed by atoms with van der Waals surface area (Å²) in [6, 6.07) is 10.3. The standard InChI is InChI=1S/C14H14BrClN2/c1-17-14(7-10-3-2-6-18-9-10)11-4-5-12(15)13(16)8-11/h2-6,8-9,14,17H,7H2,1H3. The van der Waals surface area contributed by atoms with E-state index >= 15 is 0 Å². The van der Waals surface area contributed by atoms with Gasteiger partial charge < -0.3 is 5.32 Å². The summed E-state index contributed by atoms with van der Waals surface area (Å²) < 4.78 is 0.921. The van der Waals surface area contributed by atoms with Crippen LogP contribution in [0.5, 0.6) is 0 Å². The van der Waals surface area contributed by atoms with Gasteiger partial charge >= 0.3 is 0 Å². The number of nitrogens with one attached hydrogen (secondary N) is 1. The third-order valence-corrected chi connectivity index (χ3v) is 4.09. The maximum atomic E-state index is 6.13. The Bertz CT molecular complexity index is 516. The van der Waals surface area contributed by atoms with Crippen LogP contribution in [0.25, 0.3) is 0 Å². The first kappa shape index (κ1) is 13.5. The number of hydrogen-bond donors (Lipinski definition) is 1. The molecule has 94 valence electrons. The molecule has 0 bridgehead atoms. The summed E-state index contributed by atoms with van der Waals surface area (Å²) in [5, 5.41) is 4.05. The zero-order chi connectivity index (χ0) is 13.0. The van der Waals surface area contributed by atoms with Crippen LogP contribution in [0.3, 0.4) is 0 Å².